The molecule has 38 heavy (non-hydrogen) atoms. The van der Waals surface area contributed by atoms with Crippen LogP contribution in [0.15, 0.2) is 72.8 Å². The van der Waals surface area contributed by atoms with Gasteiger partial charge >= 0.3 is 0 Å². The second kappa shape index (κ2) is 13.1. The van der Waals surface area contributed by atoms with Gasteiger partial charge in [0.2, 0.25) is 0 Å². The number of amides is 1. The number of hydrogen-bond donors (Lipinski definition) is 3. The minimum atomic E-state index is -1.06. The maximum atomic E-state index is 13.9. The van der Waals surface area contributed by atoms with E-state index >= 15 is 0 Å². The molecular weight excluding hydrogens is 528 g/mol. The quantitative estimate of drug-likeness (QED) is 0.219. The molecule has 3 aromatic carbocycles. The Balaban J connectivity index is 1.53. The maximum absolute atomic E-state index is 13.9. The number of carbonyl (C=O) groups excluding carboxylic acids is 1. The van der Waals surface area contributed by atoms with Gasteiger partial charge in [-0.3, -0.25) is 4.79 Å². The first-order valence-electron chi connectivity index (χ1n) is 12.3. The van der Waals surface area contributed by atoms with Crippen LogP contribution in [0, 0.1) is 11.6 Å². The molecule has 1 aromatic heterocycles. The van der Waals surface area contributed by atoms with E-state index in [0.29, 0.717) is 17.0 Å². The summed E-state index contributed by atoms with van der Waals surface area (Å²) in [4.78, 5) is 14.0. The third-order valence-electron chi connectivity index (χ3n) is 6.15. The molecule has 1 heterocycles. The zero-order valence-corrected chi connectivity index (χ0v) is 22.3. The number of aliphatic hydroxyl groups is 1. The molecule has 3 N–H and O–H groups in total. The molecule has 198 valence electrons. The molecule has 0 spiro atoms. The van der Waals surface area contributed by atoms with E-state index in [0.717, 1.165) is 35.1 Å². The highest BCUT2D eigenvalue weighted by molar-refractivity contribution is 7.10. The molecule has 0 aliphatic rings. The maximum Gasteiger partial charge on any atom is 0.256 e. The molecule has 0 saturated carbocycles. The van der Waals surface area contributed by atoms with E-state index in [1.807, 2.05) is 42.5 Å². The average Bonchev–Trinajstić information content (AvgIpc) is 3.29. The summed E-state index contributed by atoms with van der Waals surface area (Å²) in [7, 11) is 0. The summed E-state index contributed by atoms with van der Waals surface area (Å²) < 4.78 is 31.9. The predicted octanol–water partition coefficient (Wildman–Crippen LogP) is 5.80. The highest BCUT2D eigenvalue weighted by Gasteiger charge is 2.27. The molecule has 0 fully saturated rings. The van der Waals surface area contributed by atoms with Gasteiger partial charge in [-0.25, -0.2) is 8.78 Å². The molecule has 0 unspecified atom stereocenters. The van der Waals surface area contributed by atoms with Crippen LogP contribution in [-0.4, -0.2) is 34.1 Å². The molecular formula is C29H28ClF2N3O2S. The standard InChI is InChI=1S/C29H28ClF2N3O2S/c1-2-18-7-6-8-19(11-18)16-33-17-25(36)24(14-20-12-22(31)15-23(32)13-20)34-29(37)26-27(38-35-28(26)30)21-9-4-3-5-10-21/h3-13,15,24-25,33,36H,2,14,16-17H2,1H3,(H,34,37)/t24-,25-/m0/s1. The average molecular weight is 556 g/mol. The number of halogens is 3. The van der Waals surface area contributed by atoms with Crippen LogP contribution >= 0.6 is 23.1 Å². The largest absolute Gasteiger partial charge is 0.390 e. The molecule has 0 aliphatic heterocycles. The van der Waals surface area contributed by atoms with Crippen LogP contribution < -0.4 is 10.6 Å². The lowest BCUT2D eigenvalue weighted by Crippen LogP contribution is -2.48. The van der Waals surface area contributed by atoms with E-state index in [4.69, 9.17) is 11.6 Å². The molecule has 5 nitrogen and oxygen atoms in total. The van der Waals surface area contributed by atoms with Crippen LogP contribution in [0.25, 0.3) is 10.4 Å². The lowest BCUT2D eigenvalue weighted by molar-refractivity contribution is 0.0830. The number of rotatable bonds is 11. The molecule has 1 amide bonds. The third kappa shape index (κ3) is 7.23. The van der Waals surface area contributed by atoms with Crippen molar-refractivity contribution < 1.29 is 18.7 Å². The Kier molecular flexibility index (Phi) is 9.58. The highest BCUT2D eigenvalue weighted by atomic mass is 35.5. The van der Waals surface area contributed by atoms with E-state index in [2.05, 4.69) is 34.1 Å². The minimum absolute atomic E-state index is 0.00441. The van der Waals surface area contributed by atoms with Crippen LogP contribution in [0.5, 0.6) is 0 Å². The molecule has 0 aliphatic carbocycles. The number of benzene rings is 3. The predicted molar refractivity (Wildman–Crippen MR) is 147 cm³/mol. The summed E-state index contributed by atoms with van der Waals surface area (Å²) >= 11 is 7.39. The van der Waals surface area contributed by atoms with Gasteiger partial charge < -0.3 is 15.7 Å². The Morgan fingerprint density at radius 1 is 1.00 bits per heavy atom. The second-order valence-corrected chi connectivity index (χ2v) is 10.1. The van der Waals surface area contributed by atoms with Crippen molar-refractivity contribution in [2.75, 3.05) is 6.54 Å². The lowest BCUT2D eigenvalue weighted by Gasteiger charge is -2.25. The van der Waals surface area contributed by atoms with E-state index in [1.54, 1.807) is 0 Å². The van der Waals surface area contributed by atoms with Gasteiger partial charge in [0.1, 0.15) is 11.6 Å². The highest BCUT2D eigenvalue weighted by Crippen LogP contribution is 2.33. The van der Waals surface area contributed by atoms with Crippen molar-refractivity contribution in [3.05, 3.63) is 112 Å². The fraction of sp³-hybridized carbons (Fsp3) is 0.241. The molecule has 0 bridgehead atoms. The summed E-state index contributed by atoms with van der Waals surface area (Å²) in [6, 6.07) is 19.7. The van der Waals surface area contributed by atoms with Crippen molar-refractivity contribution in [2.24, 2.45) is 0 Å². The molecule has 9 heteroatoms. The fourth-order valence-electron chi connectivity index (χ4n) is 4.23. The number of aryl methyl sites for hydroxylation is 1. The summed E-state index contributed by atoms with van der Waals surface area (Å²) in [5.74, 6) is -1.99. The number of aliphatic hydroxyl groups excluding tert-OH is 1. The van der Waals surface area contributed by atoms with E-state index in [1.165, 1.54) is 17.7 Å². The Bertz CT molecular complexity index is 1360. The van der Waals surface area contributed by atoms with Crippen molar-refractivity contribution in [2.45, 2.75) is 38.5 Å². The molecule has 0 saturated heterocycles. The number of aromatic nitrogens is 1. The molecule has 4 rings (SSSR count). The van der Waals surface area contributed by atoms with Gasteiger partial charge in [-0.05, 0) is 58.8 Å². The van der Waals surface area contributed by atoms with Gasteiger partial charge in [0.15, 0.2) is 5.15 Å². The molecule has 4 aromatic rings. The number of nitrogens with zero attached hydrogens (tertiary/aromatic N) is 1. The minimum Gasteiger partial charge on any atom is -0.390 e. The van der Waals surface area contributed by atoms with Gasteiger partial charge in [0.05, 0.1) is 22.6 Å². The van der Waals surface area contributed by atoms with E-state index in [9.17, 15) is 18.7 Å². The number of nitrogens with one attached hydrogen (secondary N) is 2. The SMILES string of the molecule is CCc1cccc(CNC[C@H](O)[C@H](Cc2cc(F)cc(F)c2)NC(=O)c2c(Cl)nsc2-c2ccccc2)c1. The first-order chi connectivity index (χ1) is 18.3. The van der Waals surface area contributed by atoms with Gasteiger partial charge in [-0.2, -0.15) is 4.37 Å². The second-order valence-electron chi connectivity index (χ2n) is 8.98. The van der Waals surface area contributed by atoms with Crippen molar-refractivity contribution in [1.82, 2.24) is 15.0 Å². The van der Waals surface area contributed by atoms with Crippen molar-refractivity contribution >= 4 is 29.0 Å². The summed E-state index contributed by atoms with van der Waals surface area (Å²) in [5, 5.41) is 17.2. The van der Waals surface area contributed by atoms with Gasteiger partial charge in [0.25, 0.3) is 5.91 Å². The summed E-state index contributed by atoms with van der Waals surface area (Å²) in [5.41, 5.74) is 3.55. The summed E-state index contributed by atoms with van der Waals surface area (Å²) in [6.07, 6.45) is -0.144. The topological polar surface area (TPSA) is 74.2 Å². The van der Waals surface area contributed by atoms with Crippen molar-refractivity contribution in [1.29, 1.82) is 0 Å². The molecule has 0 radical (unpaired) electrons. The van der Waals surface area contributed by atoms with Gasteiger partial charge in [-0.15, -0.1) is 0 Å². The van der Waals surface area contributed by atoms with Crippen molar-refractivity contribution in [3.8, 4) is 10.4 Å². The normalized spacial score (nSPS) is 12.8. The zero-order valence-electron chi connectivity index (χ0n) is 20.8. The first-order valence-corrected chi connectivity index (χ1v) is 13.4. The Morgan fingerprint density at radius 2 is 1.71 bits per heavy atom. The Morgan fingerprint density at radius 3 is 2.42 bits per heavy atom. The third-order valence-corrected chi connectivity index (χ3v) is 7.42. The summed E-state index contributed by atoms with van der Waals surface area (Å²) in [6.45, 7) is 2.73. The smallest absolute Gasteiger partial charge is 0.256 e. The Labute approximate surface area is 229 Å². The monoisotopic (exact) mass is 555 g/mol. The van der Waals surface area contributed by atoms with Gasteiger partial charge in [0, 0.05) is 19.2 Å². The number of carbonyl (C=O) groups is 1. The lowest BCUT2D eigenvalue weighted by atomic mass is 9.99. The van der Waals surface area contributed by atoms with Crippen molar-refractivity contribution in [3.63, 3.8) is 0 Å². The number of hydrogen-bond acceptors (Lipinski definition) is 5. The van der Waals surface area contributed by atoms with E-state index in [-0.39, 0.29) is 23.7 Å². The Hall–Kier alpha value is -3.17. The van der Waals surface area contributed by atoms with Gasteiger partial charge in [-0.1, -0.05) is 73.1 Å². The fourth-order valence-corrected chi connectivity index (χ4v) is 5.35. The van der Waals surface area contributed by atoms with Crippen LogP contribution in [0.3, 0.4) is 0 Å². The van der Waals surface area contributed by atoms with Crippen LogP contribution in [0.4, 0.5) is 8.78 Å². The van der Waals surface area contributed by atoms with Crippen LogP contribution in [-0.2, 0) is 19.4 Å². The molecule has 2 atom stereocenters. The zero-order chi connectivity index (χ0) is 27.1. The first kappa shape index (κ1) is 27.9. The van der Waals surface area contributed by atoms with Crippen LogP contribution in [0.2, 0.25) is 5.15 Å². The van der Waals surface area contributed by atoms with E-state index < -0.39 is 29.7 Å². The van der Waals surface area contributed by atoms with Crippen LogP contribution in [0.1, 0.15) is 34.0 Å².